The molecule has 28 heavy (non-hydrogen) atoms. The van der Waals surface area contributed by atoms with Gasteiger partial charge in [-0.05, 0) is 67.3 Å². The van der Waals surface area contributed by atoms with Crippen molar-refractivity contribution < 1.29 is 19.0 Å². The van der Waals surface area contributed by atoms with Gasteiger partial charge in [-0.2, -0.15) is 5.10 Å². The van der Waals surface area contributed by atoms with Crippen LogP contribution in [0.3, 0.4) is 0 Å². The van der Waals surface area contributed by atoms with E-state index in [1.807, 2.05) is 19.1 Å². The minimum absolute atomic E-state index is 0.381. The van der Waals surface area contributed by atoms with Crippen molar-refractivity contribution in [3.63, 3.8) is 0 Å². The first kappa shape index (κ1) is 21.1. The van der Waals surface area contributed by atoms with Crippen LogP contribution < -0.4 is 25.4 Å². The lowest BCUT2D eigenvalue weighted by molar-refractivity contribution is 0.208. The van der Waals surface area contributed by atoms with Crippen molar-refractivity contribution in [2.24, 2.45) is 10.8 Å². The monoisotopic (exact) mass is 385 g/mol. The number of hydrogen-bond donors (Lipinski definition) is 2. The minimum atomic E-state index is -0.721. The number of carbonyl (C=O) groups is 1. The zero-order valence-corrected chi connectivity index (χ0v) is 16.5. The Balaban J connectivity index is 1.94. The van der Waals surface area contributed by atoms with Gasteiger partial charge in [-0.25, -0.2) is 10.2 Å². The Morgan fingerprint density at radius 2 is 1.86 bits per heavy atom. The lowest BCUT2D eigenvalue weighted by atomic mass is 10.1. The molecule has 2 aromatic carbocycles. The third kappa shape index (κ3) is 6.83. The molecule has 0 bridgehead atoms. The van der Waals surface area contributed by atoms with Gasteiger partial charge in [0.15, 0.2) is 11.5 Å². The summed E-state index contributed by atoms with van der Waals surface area (Å²) in [5, 5.41) is 3.74. The Kier molecular flexibility index (Phi) is 8.14. The number of primary amides is 1. The zero-order valence-electron chi connectivity index (χ0n) is 16.5. The van der Waals surface area contributed by atoms with Crippen molar-refractivity contribution in [2.75, 3.05) is 19.8 Å². The summed E-state index contributed by atoms with van der Waals surface area (Å²) in [6.45, 7) is 7.37. The molecule has 2 aromatic rings. The summed E-state index contributed by atoms with van der Waals surface area (Å²) >= 11 is 0. The van der Waals surface area contributed by atoms with Crippen LogP contribution in [0.5, 0.6) is 17.2 Å². The Hall–Kier alpha value is -3.22. The largest absolute Gasteiger partial charge is 0.490 e. The number of nitrogens with two attached hydrogens (primary N) is 1. The second-order valence-corrected chi connectivity index (χ2v) is 6.08. The van der Waals surface area contributed by atoms with Crippen LogP contribution in [0.4, 0.5) is 4.79 Å². The highest BCUT2D eigenvalue weighted by Crippen LogP contribution is 2.28. The third-order valence-corrected chi connectivity index (χ3v) is 3.78. The molecule has 2 rings (SSSR count). The Bertz CT molecular complexity index is 821. The summed E-state index contributed by atoms with van der Waals surface area (Å²) in [5.41, 5.74) is 10.3. The number of rotatable bonds is 10. The van der Waals surface area contributed by atoms with Crippen LogP contribution in [0.25, 0.3) is 0 Å². The lowest BCUT2D eigenvalue weighted by Crippen LogP contribution is -2.24. The minimum Gasteiger partial charge on any atom is -0.490 e. The number of benzene rings is 2. The molecular weight excluding hydrogens is 358 g/mol. The van der Waals surface area contributed by atoms with Gasteiger partial charge in [-0.3, -0.25) is 0 Å². The first-order valence-electron chi connectivity index (χ1n) is 9.23. The number of hydrazone groups is 1. The normalized spacial score (nSPS) is 10.7. The molecule has 2 amide bonds. The van der Waals surface area contributed by atoms with Gasteiger partial charge in [0, 0.05) is 0 Å². The number of urea groups is 1. The van der Waals surface area contributed by atoms with Crippen LogP contribution in [0.2, 0.25) is 0 Å². The van der Waals surface area contributed by atoms with E-state index in [1.54, 1.807) is 18.2 Å². The molecule has 0 saturated carbocycles. The molecule has 0 aromatic heterocycles. The van der Waals surface area contributed by atoms with Crippen LogP contribution in [-0.2, 0) is 6.42 Å². The lowest BCUT2D eigenvalue weighted by Gasteiger charge is -2.13. The first-order valence-corrected chi connectivity index (χ1v) is 9.23. The maximum atomic E-state index is 10.7. The summed E-state index contributed by atoms with van der Waals surface area (Å²) in [6.07, 6.45) is 2.44. The number of hydrogen-bond acceptors (Lipinski definition) is 5. The molecule has 150 valence electrons. The highest BCUT2D eigenvalue weighted by molar-refractivity contribution is 5.82. The molecule has 0 spiro atoms. The molecule has 0 radical (unpaired) electrons. The molecule has 3 N–H and O–H groups in total. The fraction of sp³-hybridized carbons (Fsp3) is 0.333. The van der Waals surface area contributed by atoms with Gasteiger partial charge in [0.2, 0.25) is 0 Å². The molecule has 7 nitrogen and oxygen atoms in total. The van der Waals surface area contributed by atoms with Gasteiger partial charge < -0.3 is 19.9 Å². The Morgan fingerprint density at radius 1 is 1.07 bits per heavy atom. The van der Waals surface area contributed by atoms with Gasteiger partial charge in [-0.15, -0.1) is 0 Å². The van der Waals surface area contributed by atoms with Crippen molar-refractivity contribution in [3.8, 4) is 17.2 Å². The van der Waals surface area contributed by atoms with E-state index in [9.17, 15) is 4.79 Å². The van der Waals surface area contributed by atoms with E-state index in [0.717, 1.165) is 17.7 Å². The summed E-state index contributed by atoms with van der Waals surface area (Å²) in [5.74, 6) is 2.05. The molecule has 0 aliphatic heterocycles. The highest BCUT2D eigenvalue weighted by atomic mass is 16.5. The predicted molar refractivity (Wildman–Crippen MR) is 109 cm³/mol. The Morgan fingerprint density at radius 3 is 2.57 bits per heavy atom. The molecular formula is C21H27N3O4. The maximum Gasteiger partial charge on any atom is 0.332 e. The number of nitrogens with one attached hydrogen (secondary N) is 1. The van der Waals surface area contributed by atoms with Gasteiger partial charge in [0.1, 0.15) is 19.0 Å². The zero-order chi connectivity index (χ0) is 20.4. The van der Waals surface area contributed by atoms with Crippen LogP contribution in [0, 0.1) is 6.92 Å². The van der Waals surface area contributed by atoms with E-state index in [0.29, 0.717) is 31.3 Å². The molecule has 0 unspecified atom stereocenters. The number of amides is 2. The van der Waals surface area contributed by atoms with Gasteiger partial charge in [-0.1, -0.05) is 13.0 Å². The average molecular weight is 385 g/mol. The second-order valence-electron chi connectivity index (χ2n) is 6.08. The fourth-order valence-electron chi connectivity index (χ4n) is 2.59. The second kappa shape index (κ2) is 10.8. The van der Waals surface area contributed by atoms with E-state index >= 15 is 0 Å². The van der Waals surface area contributed by atoms with Gasteiger partial charge >= 0.3 is 6.03 Å². The topological polar surface area (TPSA) is 95.2 Å². The van der Waals surface area contributed by atoms with Crippen molar-refractivity contribution in [2.45, 2.75) is 27.2 Å². The number of nitrogens with zero attached hydrogens (tertiary/aromatic N) is 1. The summed E-state index contributed by atoms with van der Waals surface area (Å²) < 4.78 is 17.2. The third-order valence-electron chi connectivity index (χ3n) is 3.78. The van der Waals surface area contributed by atoms with E-state index in [1.165, 1.54) is 17.3 Å². The quantitative estimate of drug-likeness (QED) is 0.372. The van der Waals surface area contributed by atoms with Crippen molar-refractivity contribution in [1.82, 2.24) is 5.43 Å². The molecule has 0 heterocycles. The average Bonchev–Trinajstić information content (AvgIpc) is 2.66. The molecule has 0 aliphatic carbocycles. The maximum absolute atomic E-state index is 10.7. The number of aryl methyl sites for hydroxylation is 2. The number of carbonyl (C=O) groups excluding carboxylic acids is 1. The van der Waals surface area contributed by atoms with E-state index in [4.69, 9.17) is 19.9 Å². The van der Waals surface area contributed by atoms with Gasteiger partial charge in [0.25, 0.3) is 0 Å². The van der Waals surface area contributed by atoms with E-state index < -0.39 is 6.03 Å². The van der Waals surface area contributed by atoms with E-state index in [-0.39, 0.29) is 0 Å². The van der Waals surface area contributed by atoms with Crippen molar-refractivity contribution >= 4 is 12.2 Å². The summed E-state index contributed by atoms with van der Waals surface area (Å²) in [7, 11) is 0. The SMILES string of the molecule is CCOc1cc(C=NNC(N)=O)ccc1OCCOc1cc(C)cc(CC)c1. The highest BCUT2D eigenvalue weighted by Gasteiger charge is 2.07. The van der Waals surface area contributed by atoms with Crippen LogP contribution >= 0.6 is 0 Å². The molecule has 0 fully saturated rings. The molecule has 7 heteroatoms. The van der Waals surface area contributed by atoms with Crippen LogP contribution in [0.15, 0.2) is 41.5 Å². The van der Waals surface area contributed by atoms with Crippen LogP contribution in [-0.4, -0.2) is 32.1 Å². The standard InChI is InChI=1S/C21H27N3O4/c1-4-16-10-15(3)11-18(12-16)27-8-9-28-19-7-6-17(13-20(19)26-5-2)14-23-24-21(22)25/h6-7,10-14H,4-5,8-9H2,1-3H3,(H3,22,24,25). The van der Waals surface area contributed by atoms with Gasteiger partial charge in [0.05, 0.1) is 12.8 Å². The number of ether oxygens (including phenoxy) is 3. The van der Waals surface area contributed by atoms with Crippen LogP contribution in [0.1, 0.15) is 30.5 Å². The first-order chi connectivity index (χ1) is 13.5. The summed E-state index contributed by atoms with van der Waals surface area (Å²) in [6, 6.07) is 10.9. The predicted octanol–water partition coefficient (Wildman–Crippen LogP) is 3.42. The molecule has 0 atom stereocenters. The Labute approximate surface area is 165 Å². The molecule has 0 aliphatic rings. The smallest absolute Gasteiger partial charge is 0.332 e. The fourth-order valence-corrected chi connectivity index (χ4v) is 2.59. The van der Waals surface area contributed by atoms with E-state index in [2.05, 4.69) is 30.4 Å². The molecule has 0 saturated heterocycles. The van der Waals surface area contributed by atoms with Crippen molar-refractivity contribution in [1.29, 1.82) is 0 Å². The van der Waals surface area contributed by atoms with Crippen molar-refractivity contribution in [3.05, 3.63) is 53.1 Å². The summed E-state index contributed by atoms with van der Waals surface area (Å²) in [4.78, 5) is 10.7.